The molecule has 0 aliphatic rings. The molecule has 1 N–H and O–H groups in total. The molecule has 19 heavy (non-hydrogen) atoms. The van der Waals surface area contributed by atoms with Gasteiger partial charge >= 0.3 is 11.7 Å². The predicted molar refractivity (Wildman–Crippen MR) is 69.9 cm³/mol. The van der Waals surface area contributed by atoms with E-state index in [0.717, 1.165) is 10.2 Å². The van der Waals surface area contributed by atoms with Crippen LogP contribution in [0.2, 0.25) is 0 Å². The highest BCUT2D eigenvalue weighted by Crippen LogP contribution is 2.10. The minimum atomic E-state index is -1.21. The third kappa shape index (κ3) is 2.29. The van der Waals surface area contributed by atoms with E-state index in [9.17, 15) is 9.59 Å². The Labute approximate surface area is 109 Å². The largest absolute Gasteiger partial charge is 0.475 e. The maximum atomic E-state index is 12.2. The first-order valence-corrected chi connectivity index (χ1v) is 5.93. The zero-order valence-electron chi connectivity index (χ0n) is 11.0. The number of benzene rings is 1. The molecule has 2 rings (SSSR count). The highest BCUT2D eigenvalue weighted by atomic mass is 16.4. The average molecular weight is 261 g/mol. The van der Waals surface area contributed by atoms with E-state index < -0.39 is 11.7 Å². The van der Waals surface area contributed by atoms with Crippen LogP contribution < -0.4 is 5.69 Å². The number of hydrogen-bond donors (Lipinski definition) is 1. The van der Waals surface area contributed by atoms with E-state index in [0.29, 0.717) is 5.69 Å². The van der Waals surface area contributed by atoms with Crippen LogP contribution in [-0.2, 0) is 0 Å². The molecule has 0 fully saturated rings. The van der Waals surface area contributed by atoms with Crippen LogP contribution in [0.3, 0.4) is 0 Å². The maximum Gasteiger partial charge on any atom is 0.374 e. The van der Waals surface area contributed by atoms with Crippen molar-refractivity contribution in [2.45, 2.75) is 26.8 Å². The Kier molecular flexibility index (Phi) is 3.25. The number of carboxylic acid groups (broad SMARTS) is 1. The molecule has 6 nitrogen and oxygen atoms in total. The van der Waals surface area contributed by atoms with Gasteiger partial charge in [-0.15, -0.1) is 5.10 Å². The molecule has 6 heteroatoms. The summed E-state index contributed by atoms with van der Waals surface area (Å²) in [7, 11) is 0. The van der Waals surface area contributed by atoms with Crippen LogP contribution in [0.5, 0.6) is 0 Å². The summed E-state index contributed by atoms with van der Waals surface area (Å²) in [5, 5.41) is 13.0. The van der Waals surface area contributed by atoms with E-state index in [1.54, 1.807) is 32.0 Å². The quantitative estimate of drug-likeness (QED) is 0.910. The Morgan fingerprint density at radius 1 is 1.37 bits per heavy atom. The van der Waals surface area contributed by atoms with Crippen LogP contribution >= 0.6 is 0 Å². The van der Waals surface area contributed by atoms with Gasteiger partial charge in [-0.1, -0.05) is 12.1 Å². The van der Waals surface area contributed by atoms with E-state index in [4.69, 9.17) is 5.11 Å². The lowest BCUT2D eigenvalue weighted by Gasteiger charge is -2.05. The van der Waals surface area contributed by atoms with Crippen molar-refractivity contribution in [3.63, 3.8) is 0 Å². The van der Waals surface area contributed by atoms with Crippen molar-refractivity contribution in [3.05, 3.63) is 46.1 Å². The predicted octanol–water partition coefficient (Wildman–Crippen LogP) is 1.62. The van der Waals surface area contributed by atoms with E-state index in [1.165, 1.54) is 4.57 Å². The summed E-state index contributed by atoms with van der Waals surface area (Å²) in [5.74, 6) is -1.46. The van der Waals surface area contributed by atoms with Crippen LogP contribution in [-0.4, -0.2) is 25.4 Å². The first kappa shape index (κ1) is 13.1. The third-order valence-corrected chi connectivity index (χ3v) is 2.76. The highest BCUT2D eigenvalue weighted by molar-refractivity contribution is 5.83. The van der Waals surface area contributed by atoms with Crippen LogP contribution in [0.1, 0.15) is 36.1 Å². The first-order chi connectivity index (χ1) is 8.91. The van der Waals surface area contributed by atoms with Gasteiger partial charge < -0.3 is 5.11 Å². The standard InChI is InChI=1S/C13H15N3O3/c1-8(2)15-11(12(17)18)14-16(13(15)19)10-6-4-5-9(3)7-10/h4-8H,1-3H3,(H,17,18). The molecule has 1 heterocycles. The van der Waals surface area contributed by atoms with Crippen molar-refractivity contribution >= 4 is 5.97 Å². The highest BCUT2D eigenvalue weighted by Gasteiger charge is 2.21. The fraction of sp³-hybridized carbons (Fsp3) is 0.308. The SMILES string of the molecule is Cc1cccc(-n2nc(C(=O)O)n(C(C)C)c2=O)c1. The summed E-state index contributed by atoms with van der Waals surface area (Å²) in [6, 6.07) is 6.93. The molecule has 1 aromatic heterocycles. The Morgan fingerprint density at radius 2 is 2.05 bits per heavy atom. The summed E-state index contributed by atoms with van der Waals surface area (Å²) >= 11 is 0. The molecular formula is C13H15N3O3. The second-order valence-electron chi connectivity index (χ2n) is 4.63. The zero-order valence-corrected chi connectivity index (χ0v) is 11.0. The van der Waals surface area contributed by atoms with Gasteiger partial charge in [0.25, 0.3) is 0 Å². The van der Waals surface area contributed by atoms with Crippen LogP contribution in [0, 0.1) is 6.92 Å². The van der Waals surface area contributed by atoms with Crippen molar-refractivity contribution < 1.29 is 9.90 Å². The van der Waals surface area contributed by atoms with E-state index >= 15 is 0 Å². The summed E-state index contributed by atoms with van der Waals surface area (Å²) in [5.41, 5.74) is 1.09. The van der Waals surface area contributed by atoms with Gasteiger partial charge in [0, 0.05) is 6.04 Å². The number of aryl methyl sites for hydroxylation is 1. The van der Waals surface area contributed by atoms with Crippen molar-refractivity contribution in [3.8, 4) is 5.69 Å². The number of nitrogens with zero attached hydrogens (tertiary/aromatic N) is 3. The third-order valence-electron chi connectivity index (χ3n) is 2.76. The minimum Gasteiger partial charge on any atom is -0.475 e. The van der Waals surface area contributed by atoms with Crippen LogP contribution in [0.4, 0.5) is 0 Å². The number of aromatic nitrogens is 3. The first-order valence-electron chi connectivity index (χ1n) is 5.93. The van der Waals surface area contributed by atoms with Crippen molar-refractivity contribution in [2.24, 2.45) is 0 Å². The molecule has 1 aromatic carbocycles. The summed E-state index contributed by atoms with van der Waals surface area (Å²) in [6.45, 7) is 5.39. The van der Waals surface area contributed by atoms with Crippen molar-refractivity contribution in [1.29, 1.82) is 0 Å². The molecule has 0 radical (unpaired) electrons. The van der Waals surface area contributed by atoms with Gasteiger partial charge in [-0.05, 0) is 38.5 Å². The summed E-state index contributed by atoms with van der Waals surface area (Å²) in [4.78, 5) is 23.4. The molecule has 0 aliphatic heterocycles. The zero-order chi connectivity index (χ0) is 14.2. The Balaban J connectivity index is 2.70. The topological polar surface area (TPSA) is 77.1 Å². The molecule has 0 saturated heterocycles. The van der Waals surface area contributed by atoms with Gasteiger partial charge in [-0.25, -0.2) is 9.59 Å². The molecule has 0 saturated carbocycles. The van der Waals surface area contributed by atoms with E-state index in [-0.39, 0.29) is 11.9 Å². The van der Waals surface area contributed by atoms with Gasteiger partial charge in [0.15, 0.2) is 0 Å². The number of hydrogen-bond acceptors (Lipinski definition) is 3. The molecule has 0 amide bonds. The van der Waals surface area contributed by atoms with Crippen molar-refractivity contribution in [2.75, 3.05) is 0 Å². The molecule has 0 spiro atoms. The molecule has 0 aliphatic carbocycles. The Morgan fingerprint density at radius 3 is 2.53 bits per heavy atom. The maximum absolute atomic E-state index is 12.2. The van der Waals surface area contributed by atoms with E-state index in [2.05, 4.69) is 5.10 Å². The lowest BCUT2D eigenvalue weighted by atomic mass is 10.2. The molecular weight excluding hydrogens is 246 g/mol. The molecule has 0 atom stereocenters. The van der Waals surface area contributed by atoms with Gasteiger partial charge in [0.1, 0.15) is 0 Å². The van der Waals surface area contributed by atoms with Gasteiger partial charge in [-0.2, -0.15) is 4.68 Å². The van der Waals surface area contributed by atoms with Crippen LogP contribution in [0.15, 0.2) is 29.1 Å². The fourth-order valence-electron chi connectivity index (χ4n) is 1.92. The fourth-order valence-corrected chi connectivity index (χ4v) is 1.92. The van der Waals surface area contributed by atoms with Crippen molar-refractivity contribution in [1.82, 2.24) is 14.3 Å². The van der Waals surface area contributed by atoms with Gasteiger partial charge in [0.05, 0.1) is 5.69 Å². The molecule has 2 aromatic rings. The minimum absolute atomic E-state index is 0.249. The second-order valence-corrected chi connectivity index (χ2v) is 4.63. The molecule has 100 valence electrons. The second kappa shape index (κ2) is 4.72. The average Bonchev–Trinajstić information content (AvgIpc) is 2.67. The summed E-state index contributed by atoms with van der Waals surface area (Å²) < 4.78 is 2.29. The monoisotopic (exact) mass is 261 g/mol. The Bertz CT molecular complexity index is 683. The number of carboxylic acids is 1. The van der Waals surface area contributed by atoms with Crippen LogP contribution in [0.25, 0.3) is 5.69 Å². The lowest BCUT2D eigenvalue weighted by molar-refractivity contribution is 0.0675. The van der Waals surface area contributed by atoms with E-state index in [1.807, 2.05) is 13.0 Å². The normalized spacial score (nSPS) is 10.9. The summed E-state index contributed by atoms with van der Waals surface area (Å²) in [6.07, 6.45) is 0. The molecule has 0 unspecified atom stereocenters. The number of rotatable bonds is 3. The number of carbonyl (C=O) groups is 1. The lowest BCUT2D eigenvalue weighted by Crippen LogP contribution is -2.26. The van der Waals surface area contributed by atoms with Gasteiger partial charge in [0.2, 0.25) is 5.82 Å². The molecule has 0 bridgehead atoms. The smallest absolute Gasteiger partial charge is 0.374 e. The number of aromatic carboxylic acids is 1. The Hall–Kier alpha value is -2.37. The van der Waals surface area contributed by atoms with Gasteiger partial charge in [-0.3, -0.25) is 4.57 Å².